The van der Waals surface area contributed by atoms with Crippen molar-refractivity contribution in [3.05, 3.63) is 108 Å². The monoisotopic (exact) mass is 366 g/mol. The van der Waals surface area contributed by atoms with Crippen molar-refractivity contribution in [1.29, 1.82) is 0 Å². The molecule has 4 aromatic carbocycles. The Morgan fingerprint density at radius 3 is 2.15 bits per heavy atom. The van der Waals surface area contributed by atoms with Crippen LogP contribution >= 0.6 is 8.81 Å². The van der Waals surface area contributed by atoms with Gasteiger partial charge in [0.15, 0.2) is 0 Å². The summed E-state index contributed by atoms with van der Waals surface area (Å²) >= 11 is 0. The van der Waals surface area contributed by atoms with Gasteiger partial charge < -0.3 is 4.52 Å². The maximum absolute atomic E-state index is 6.33. The van der Waals surface area contributed by atoms with Crippen LogP contribution in [0.5, 0.6) is 5.75 Å². The lowest BCUT2D eigenvalue weighted by Gasteiger charge is -2.16. The number of hydrogen-bond acceptors (Lipinski definition) is 1. The maximum Gasteiger partial charge on any atom is 0.131 e. The minimum Gasteiger partial charge on any atom is -0.472 e. The van der Waals surface area contributed by atoms with E-state index in [0.717, 1.165) is 12.2 Å². The van der Waals surface area contributed by atoms with Gasteiger partial charge in [0.25, 0.3) is 0 Å². The van der Waals surface area contributed by atoms with Crippen LogP contribution in [0.4, 0.5) is 0 Å². The largest absolute Gasteiger partial charge is 0.472 e. The molecule has 0 N–H and O–H groups in total. The van der Waals surface area contributed by atoms with Crippen LogP contribution in [-0.2, 0) is 6.42 Å². The first-order valence-electron chi connectivity index (χ1n) is 9.17. The van der Waals surface area contributed by atoms with E-state index in [9.17, 15) is 0 Å². The van der Waals surface area contributed by atoms with Crippen LogP contribution in [0.3, 0.4) is 0 Å². The highest BCUT2D eigenvalue weighted by atomic mass is 31.1. The van der Waals surface area contributed by atoms with Gasteiger partial charge in [0.2, 0.25) is 0 Å². The Kier molecular flexibility index (Phi) is 4.24. The van der Waals surface area contributed by atoms with Gasteiger partial charge in [-0.2, -0.15) is 0 Å². The van der Waals surface area contributed by atoms with Crippen molar-refractivity contribution in [3.63, 3.8) is 0 Å². The Balaban J connectivity index is 1.61. The Morgan fingerprint density at radius 2 is 1.33 bits per heavy atom. The molecule has 1 atom stereocenters. The van der Waals surface area contributed by atoms with Gasteiger partial charge in [-0.3, -0.25) is 0 Å². The molecule has 130 valence electrons. The van der Waals surface area contributed by atoms with E-state index in [0.29, 0.717) is 8.81 Å². The number of rotatable bonds is 4. The average molecular weight is 366 g/mol. The van der Waals surface area contributed by atoms with Crippen LogP contribution in [-0.4, -0.2) is 0 Å². The molecule has 0 bridgehead atoms. The third-order valence-corrected chi connectivity index (χ3v) is 5.96. The lowest BCUT2D eigenvalue weighted by molar-refractivity contribution is 0.640. The second-order valence-electron chi connectivity index (χ2n) is 6.73. The first-order chi connectivity index (χ1) is 13.4. The molecule has 27 heavy (non-hydrogen) atoms. The first kappa shape index (κ1) is 16.3. The summed E-state index contributed by atoms with van der Waals surface area (Å²) in [7, 11) is 0.297. The van der Waals surface area contributed by atoms with Gasteiger partial charge in [0.05, 0.1) is 0 Å². The van der Waals surface area contributed by atoms with Crippen LogP contribution < -0.4 is 9.83 Å². The van der Waals surface area contributed by atoms with E-state index in [1.807, 2.05) is 6.07 Å². The second kappa shape index (κ2) is 7.02. The molecular formula is C25H19OP. The van der Waals surface area contributed by atoms with Crippen molar-refractivity contribution in [2.45, 2.75) is 6.42 Å². The predicted molar refractivity (Wildman–Crippen MR) is 115 cm³/mol. The summed E-state index contributed by atoms with van der Waals surface area (Å²) in [6.45, 7) is 0. The summed E-state index contributed by atoms with van der Waals surface area (Å²) in [5.74, 6) is 0.968. The Labute approximate surface area is 161 Å². The summed E-state index contributed by atoms with van der Waals surface area (Å²) in [4.78, 5) is 0. The molecule has 4 aromatic rings. The van der Waals surface area contributed by atoms with Gasteiger partial charge in [-0.05, 0) is 40.3 Å². The van der Waals surface area contributed by atoms with Crippen molar-refractivity contribution in [2.75, 3.05) is 0 Å². The van der Waals surface area contributed by atoms with E-state index in [4.69, 9.17) is 4.52 Å². The third kappa shape index (κ3) is 3.05. The Morgan fingerprint density at radius 1 is 0.630 bits per heavy atom. The number of benzene rings is 4. The predicted octanol–water partition coefficient (Wildman–Crippen LogP) is 6.22. The molecule has 0 radical (unpaired) electrons. The van der Waals surface area contributed by atoms with Crippen LogP contribution in [0.15, 0.2) is 97.1 Å². The lowest BCUT2D eigenvalue weighted by atomic mass is 9.95. The van der Waals surface area contributed by atoms with Gasteiger partial charge >= 0.3 is 0 Å². The molecule has 1 unspecified atom stereocenters. The number of hydrogen-bond donors (Lipinski definition) is 0. The molecule has 1 aliphatic rings. The average Bonchev–Trinajstić information content (AvgIpc) is 3.12. The fraction of sp³-hybridized carbons (Fsp3) is 0.0400. The topological polar surface area (TPSA) is 9.23 Å². The SMILES string of the molecule is c1ccc(POc2ccc3c(c2-c2ccccc2)Cc2ccccc2-3)cc1. The van der Waals surface area contributed by atoms with E-state index in [2.05, 4.69) is 91.0 Å². The van der Waals surface area contributed by atoms with Gasteiger partial charge in [-0.1, -0.05) is 91.0 Å². The quantitative estimate of drug-likeness (QED) is 0.343. The van der Waals surface area contributed by atoms with E-state index >= 15 is 0 Å². The van der Waals surface area contributed by atoms with Crippen LogP contribution in [0.25, 0.3) is 22.3 Å². The van der Waals surface area contributed by atoms with Crippen molar-refractivity contribution in [1.82, 2.24) is 0 Å². The molecule has 1 aliphatic carbocycles. The van der Waals surface area contributed by atoms with Gasteiger partial charge in [0.1, 0.15) is 14.6 Å². The Hall–Kier alpha value is -2.89. The summed E-state index contributed by atoms with van der Waals surface area (Å²) in [6, 6.07) is 34.1. The number of fused-ring (bicyclic) bond motifs is 3. The molecular weight excluding hydrogens is 347 g/mol. The summed E-state index contributed by atoms with van der Waals surface area (Å²) in [6.07, 6.45) is 0.960. The smallest absolute Gasteiger partial charge is 0.131 e. The molecule has 0 amide bonds. The van der Waals surface area contributed by atoms with E-state index in [1.165, 1.54) is 38.7 Å². The summed E-state index contributed by atoms with van der Waals surface area (Å²) in [5, 5.41) is 1.21. The van der Waals surface area contributed by atoms with Crippen molar-refractivity contribution >= 4 is 14.1 Å². The molecule has 1 nitrogen and oxygen atoms in total. The molecule has 0 saturated carbocycles. The molecule has 2 heteroatoms. The van der Waals surface area contributed by atoms with Crippen molar-refractivity contribution in [3.8, 4) is 28.0 Å². The molecule has 0 saturated heterocycles. The van der Waals surface area contributed by atoms with Gasteiger partial charge in [-0.25, -0.2) is 0 Å². The lowest BCUT2D eigenvalue weighted by Crippen LogP contribution is -1.97. The zero-order valence-corrected chi connectivity index (χ0v) is 15.9. The van der Waals surface area contributed by atoms with Gasteiger partial charge in [-0.15, -0.1) is 0 Å². The van der Waals surface area contributed by atoms with E-state index < -0.39 is 0 Å². The summed E-state index contributed by atoms with van der Waals surface area (Å²) in [5.41, 5.74) is 7.90. The highest BCUT2D eigenvalue weighted by Gasteiger charge is 2.24. The zero-order chi connectivity index (χ0) is 18.1. The fourth-order valence-corrected chi connectivity index (χ4v) is 4.54. The van der Waals surface area contributed by atoms with Crippen LogP contribution in [0.2, 0.25) is 0 Å². The van der Waals surface area contributed by atoms with E-state index in [1.54, 1.807) is 0 Å². The molecule has 0 heterocycles. The highest BCUT2D eigenvalue weighted by Crippen LogP contribution is 2.46. The first-order valence-corrected chi connectivity index (χ1v) is 10.1. The minimum absolute atomic E-state index is 0.297. The minimum atomic E-state index is 0.297. The highest BCUT2D eigenvalue weighted by molar-refractivity contribution is 7.42. The molecule has 0 aliphatic heterocycles. The third-order valence-electron chi connectivity index (χ3n) is 5.06. The zero-order valence-electron chi connectivity index (χ0n) is 14.9. The Bertz CT molecular complexity index is 1090. The molecule has 0 spiro atoms. The second-order valence-corrected chi connectivity index (χ2v) is 7.72. The van der Waals surface area contributed by atoms with Crippen molar-refractivity contribution < 1.29 is 4.52 Å². The van der Waals surface area contributed by atoms with Crippen LogP contribution in [0, 0.1) is 0 Å². The molecule has 0 aromatic heterocycles. The molecule has 5 rings (SSSR count). The summed E-state index contributed by atoms with van der Waals surface area (Å²) < 4.78 is 6.33. The van der Waals surface area contributed by atoms with Crippen molar-refractivity contribution in [2.24, 2.45) is 0 Å². The van der Waals surface area contributed by atoms with Gasteiger partial charge in [0, 0.05) is 10.9 Å². The fourth-order valence-electron chi connectivity index (χ4n) is 3.82. The van der Waals surface area contributed by atoms with Crippen LogP contribution in [0.1, 0.15) is 11.1 Å². The maximum atomic E-state index is 6.33. The normalized spacial score (nSPS) is 12.1. The standard InChI is InChI=1S/C25H19OP/c1-3-9-18(10-4-1)25-23-17-19-11-7-8-14-21(19)22(23)15-16-24(25)26-27-20-12-5-2-6-13-20/h1-16,27H,17H2. The molecule has 0 fully saturated rings. The van der Waals surface area contributed by atoms with E-state index in [-0.39, 0.29) is 0 Å².